The number of rotatable bonds is 6. The molecule has 30 heavy (non-hydrogen) atoms. The molecule has 1 N–H and O–H groups in total. The van der Waals surface area contributed by atoms with Crippen LogP contribution in [0, 0.1) is 0 Å². The first kappa shape index (κ1) is 21.2. The predicted molar refractivity (Wildman–Crippen MR) is 120 cm³/mol. The summed E-state index contributed by atoms with van der Waals surface area (Å²) in [6, 6.07) is 7.89. The number of phenols is 1. The first-order valence-corrected chi connectivity index (χ1v) is 12.2. The molecule has 0 aliphatic heterocycles. The van der Waals surface area contributed by atoms with Crippen LogP contribution in [0.4, 0.5) is 0 Å². The van der Waals surface area contributed by atoms with Gasteiger partial charge in [-0.25, -0.2) is 0 Å². The van der Waals surface area contributed by atoms with Gasteiger partial charge in [0, 0.05) is 24.7 Å². The highest BCUT2D eigenvalue weighted by atomic mass is 32.2. The van der Waals surface area contributed by atoms with Crippen molar-refractivity contribution in [3.63, 3.8) is 0 Å². The van der Waals surface area contributed by atoms with E-state index in [1.165, 1.54) is 50.3 Å². The standard InChI is InChI=1S/C23H32N4O2S/c1-26(18-8-4-2-5-9-18)21(29)16-30-23-25-24-22(17-12-14-20(28)15-13-17)27(23)19-10-6-3-7-11-19/h12-15,18-19,28H,2-11,16H2,1H3. The molecule has 6 nitrogen and oxygen atoms in total. The van der Waals surface area contributed by atoms with Crippen molar-refractivity contribution in [2.45, 2.75) is 81.4 Å². The van der Waals surface area contributed by atoms with Crippen LogP contribution in [0.15, 0.2) is 29.4 Å². The van der Waals surface area contributed by atoms with Gasteiger partial charge in [-0.1, -0.05) is 50.3 Å². The highest BCUT2D eigenvalue weighted by molar-refractivity contribution is 7.99. The molecule has 0 saturated heterocycles. The van der Waals surface area contributed by atoms with Gasteiger partial charge in [0.15, 0.2) is 11.0 Å². The number of amides is 1. The summed E-state index contributed by atoms with van der Waals surface area (Å²) in [6.45, 7) is 0. The van der Waals surface area contributed by atoms with E-state index in [0.717, 1.165) is 42.2 Å². The van der Waals surface area contributed by atoms with Crippen LogP contribution in [0.3, 0.4) is 0 Å². The molecule has 0 radical (unpaired) electrons. The molecule has 162 valence electrons. The molecule has 2 aliphatic carbocycles. The number of aromatic hydroxyl groups is 1. The van der Waals surface area contributed by atoms with E-state index in [1.807, 2.05) is 24.1 Å². The Morgan fingerprint density at radius 1 is 1.03 bits per heavy atom. The van der Waals surface area contributed by atoms with Crippen LogP contribution in [0.2, 0.25) is 0 Å². The second-order valence-electron chi connectivity index (χ2n) is 8.60. The van der Waals surface area contributed by atoms with E-state index in [0.29, 0.717) is 17.8 Å². The second-order valence-corrected chi connectivity index (χ2v) is 9.54. The molecular weight excluding hydrogens is 396 g/mol. The fourth-order valence-corrected chi connectivity index (χ4v) is 5.68. The van der Waals surface area contributed by atoms with Crippen LogP contribution in [-0.4, -0.2) is 49.5 Å². The summed E-state index contributed by atoms with van der Waals surface area (Å²) in [4.78, 5) is 14.8. The largest absolute Gasteiger partial charge is 0.508 e. The van der Waals surface area contributed by atoms with E-state index >= 15 is 0 Å². The fraction of sp³-hybridized carbons (Fsp3) is 0.609. The molecule has 0 unspecified atom stereocenters. The van der Waals surface area contributed by atoms with Crippen LogP contribution < -0.4 is 0 Å². The molecule has 0 spiro atoms. The van der Waals surface area contributed by atoms with Crippen LogP contribution in [0.25, 0.3) is 11.4 Å². The Balaban J connectivity index is 1.52. The third-order valence-electron chi connectivity index (χ3n) is 6.57. The minimum atomic E-state index is 0.177. The highest BCUT2D eigenvalue weighted by Crippen LogP contribution is 2.36. The fourth-order valence-electron chi connectivity index (χ4n) is 4.75. The molecule has 4 rings (SSSR count). The number of hydrogen-bond acceptors (Lipinski definition) is 5. The van der Waals surface area contributed by atoms with Crippen molar-refractivity contribution in [3.05, 3.63) is 24.3 Å². The summed E-state index contributed by atoms with van der Waals surface area (Å²) in [6.07, 6.45) is 11.9. The van der Waals surface area contributed by atoms with E-state index in [-0.39, 0.29) is 11.7 Å². The lowest BCUT2D eigenvalue weighted by atomic mass is 9.94. The Kier molecular flexibility index (Phi) is 6.97. The van der Waals surface area contributed by atoms with Gasteiger partial charge in [-0.3, -0.25) is 9.36 Å². The molecule has 2 fully saturated rings. The second kappa shape index (κ2) is 9.86. The number of thioether (sulfide) groups is 1. The molecule has 1 aromatic heterocycles. The number of carbonyl (C=O) groups excluding carboxylic acids is 1. The van der Waals surface area contributed by atoms with Crippen LogP contribution in [-0.2, 0) is 4.79 Å². The molecule has 2 saturated carbocycles. The van der Waals surface area contributed by atoms with Gasteiger partial charge < -0.3 is 10.0 Å². The molecule has 0 atom stereocenters. The van der Waals surface area contributed by atoms with E-state index in [9.17, 15) is 9.90 Å². The molecular formula is C23H32N4O2S. The first-order chi connectivity index (χ1) is 14.6. The van der Waals surface area contributed by atoms with Crippen molar-refractivity contribution in [2.24, 2.45) is 0 Å². The Morgan fingerprint density at radius 2 is 1.67 bits per heavy atom. The van der Waals surface area contributed by atoms with Gasteiger partial charge in [-0.05, 0) is 49.9 Å². The quantitative estimate of drug-likeness (QED) is 0.653. The van der Waals surface area contributed by atoms with E-state index in [1.54, 1.807) is 12.1 Å². The van der Waals surface area contributed by atoms with Gasteiger partial charge in [0.25, 0.3) is 0 Å². The third kappa shape index (κ3) is 4.82. The third-order valence-corrected chi connectivity index (χ3v) is 7.50. The summed E-state index contributed by atoms with van der Waals surface area (Å²) in [5, 5.41) is 19.4. The SMILES string of the molecule is CN(C(=O)CSc1nnc(-c2ccc(O)cc2)n1C1CCCCC1)C1CCCCC1. The van der Waals surface area contributed by atoms with E-state index < -0.39 is 0 Å². The van der Waals surface area contributed by atoms with E-state index in [2.05, 4.69) is 14.8 Å². The lowest BCUT2D eigenvalue weighted by Crippen LogP contribution is -2.39. The minimum absolute atomic E-state index is 0.177. The Morgan fingerprint density at radius 3 is 2.33 bits per heavy atom. The van der Waals surface area contributed by atoms with E-state index in [4.69, 9.17) is 0 Å². The van der Waals surface area contributed by atoms with Crippen LogP contribution in [0.5, 0.6) is 5.75 Å². The molecule has 2 aliphatic rings. The molecule has 0 bridgehead atoms. The van der Waals surface area contributed by atoms with Crippen molar-refractivity contribution in [2.75, 3.05) is 12.8 Å². The summed E-state index contributed by atoms with van der Waals surface area (Å²) in [5.41, 5.74) is 0.948. The molecule has 1 amide bonds. The average Bonchev–Trinajstić information content (AvgIpc) is 3.22. The zero-order valence-electron chi connectivity index (χ0n) is 17.8. The number of carbonyl (C=O) groups is 1. The molecule has 1 heterocycles. The lowest BCUT2D eigenvalue weighted by molar-refractivity contribution is -0.129. The maximum absolute atomic E-state index is 12.8. The van der Waals surface area contributed by atoms with Gasteiger partial charge in [-0.2, -0.15) is 0 Å². The van der Waals surface area contributed by atoms with Crippen molar-refractivity contribution in [3.8, 4) is 17.1 Å². The number of nitrogens with zero attached hydrogens (tertiary/aromatic N) is 4. The molecule has 7 heteroatoms. The zero-order valence-corrected chi connectivity index (χ0v) is 18.6. The number of aromatic nitrogens is 3. The number of hydrogen-bond donors (Lipinski definition) is 1. The predicted octanol–water partition coefficient (Wildman–Crippen LogP) is 5.04. The van der Waals surface area contributed by atoms with Gasteiger partial charge in [0.2, 0.25) is 5.91 Å². The average molecular weight is 429 g/mol. The zero-order chi connectivity index (χ0) is 20.9. The summed E-state index contributed by atoms with van der Waals surface area (Å²) < 4.78 is 2.24. The Labute approximate surface area is 183 Å². The Hall–Kier alpha value is -2.02. The van der Waals surface area contributed by atoms with Gasteiger partial charge in [0.05, 0.1) is 5.75 Å². The topological polar surface area (TPSA) is 71.2 Å². The highest BCUT2D eigenvalue weighted by Gasteiger charge is 2.26. The maximum atomic E-state index is 12.8. The lowest BCUT2D eigenvalue weighted by Gasteiger charge is -2.31. The van der Waals surface area contributed by atoms with Gasteiger partial charge in [0.1, 0.15) is 5.75 Å². The number of phenolic OH excluding ortho intramolecular Hbond substituents is 1. The summed E-state index contributed by atoms with van der Waals surface area (Å²) in [5.74, 6) is 1.65. The summed E-state index contributed by atoms with van der Waals surface area (Å²) in [7, 11) is 1.95. The van der Waals surface area contributed by atoms with Crippen molar-refractivity contribution in [1.29, 1.82) is 0 Å². The summed E-state index contributed by atoms with van der Waals surface area (Å²) >= 11 is 1.51. The van der Waals surface area contributed by atoms with Crippen molar-refractivity contribution >= 4 is 17.7 Å². The van der Waals surface area contributed by atoms with Crippen LogP contribution in [0.1, 0.15) is 70.3 Å². The smallest absolute Gasteiger partial charge is 0.233 e. The van der Waals surface area contributed by atoms with Crippen molar-refractivity contribution < 1.29 is 9.90 Å². The molecule has 2 aromatic rings. The number of benzene rings is 1. The normalized spacial score (nSPS) is 18.4. The van der Waals surface area contributed by atoms with Gasteiger partial charge >= 0.3 is 0 Å². The monoisotopic (exact) mass is 428 g/mol. The maximum Gasteiger partial charge on any atom is 0.233 e. The van der Waals surface area contributed by atoms with Gasteiger partial charge in [-0.15, -0.1) is 10.2 Å². The van der Waals surface area contributed by atoms with Crippen molar-refractivity contribution in [1.82, 2.24) is 19.7 Å². The molecule has 1 aromatic carbocycles. The first-order valence-electron chi connectivity index (χ1n) is 11.3. The Bertz CT molecular complexity index is 839. The van der Waals surface area contributed by atoms with Crippen LogP contribution >= 0.6 is 11.8 Å². The minimum Gasteiger partial charge on any atom is -0.508 e.